The van der Waals surface area contributed by atoms with Gasteiger partial charge in [-0.3, -0.25) is 0 Å². The molecule has 0 heterocycles. The summed E-state index contributed by atoms with van der Waals surface area (Å²) in [5.41, 5.74) is 16.9. The molecule has 0 bridgehead atoms. The Balaban J connectivity index is 3.21. The van der Waals surface area contributed by atoms with Gasteiger partial charge >= 0.3 is 0 Å². The van der Waals surface area contributed by atoms with E-state index in [4.69, 9.17) is 11.5 Å². The van der Waals surface area contributed by atoms with E-state index in [1.165, 1.54) is 22.3 Å². The van der Waals surface area contributed by atoms with Crippen molar-refractivity contribution in [1.29, 1.82) is 0 Å². The molecule has 0 saturated carbocycles. The molecule has 0 amide bonds. The Labute approximate surface area is 85.6 Å². The van der Waals surface area contributed by atoms with Gasteiger partial charge in [0.2, 0.25) is 0 Å². The van der Waals surface area contributed by atoms with Crippen molar-refractivity contribution in [1.82, 2.24) is 0 Å². The largest absolute Gasteiger partial charge is 0.401 e. The number of aryl methyl sites for hydroxylation is 3. The van der Waals surface area contributed by atoms with Crippen LogP contribution in [-0.4, -0.2) is 6.54 Å². The summed E-state index contributed by atoms with van der Waals surface area (Å²) in [6, 6.07) is 4.31. The summed E-state index contributed by atoms with van der Waals surface area (Å²) in [6.07, 6.45) is 1.96. The van der Waals surface area contributed by atoms with Gasteiger partial charge in [0, 0.05) is 12.2 Å². The summed E-state index contributed by atoms with van der Waals surface area (Å²) in [7, 11) is 0. The second-order valence-corrected chi connectivity index (χ2v) is 3.74. The summed E-state index contributed by atoms with van der Waals surface area (Å²) in [5, 5.41) is 0. The van der Waals surface area contributed by atoms with Gasteiger partial charge in [0.25, 0.3) is 0 Å². The third-order valence-electron chi connectivity index (χ3n) is 2.30. The Kier molecular flexibility index (Phi) is 3.31. The molecule has 0 spiro atoms. The highest BCUT2D eigenvalue weighted by Gasteiger charge is 2.01. The molecule has 0 fully saturated rings. The highest BCUT2D eigenvalue weighted by Crippen LogP contribution is 2.18. The molecular formula is C12H18N2. The average molecular weight is 190 g/mol. The lowest BCUT2D eigenvalue weighted by atomic mass is 9.99. The van der Waals surface area contributed by atoms with Crippen molar-refractivity contribution < 1.29 is 0 Å². The highest BCUT2D eigenvalue weighted by molar-refractivity contribution is 5.60. The summed E-state index contributed by atoms with van der Waals surface area (Å²) in [6.45, 7) is 6.69. The van der Waals surface area contributed by atoms with Crippen LogP contribution in [0.3, 0.4) is 0 Å². The van der Waals surface area contributed by atoms with Gasteiger partial charge in [-0.1, -0.05) is 17.7 Å². The minimum atomic E-state index is 0.409. The van der Waals surface area contributed by atoms with Crippen LogP contribution in [0.15, 0.2) is 17.8 Å². The van der Waals surface area contributed by atoms with Crippen LogP contribution in [0.2, 0.25) is 0 Å². The van der Waals surface area contributed by atoms with Gasteiger partial charge in [-0.05, 0) is 43.5 Å². The van der Waals surface area contributed by atoms with E-state index in [0.717, 1.165) is 5.70 Å². The van der Waals surface area contributed by atoms with Crippen LogP contribution in [0.1, 0.15) is 22.3 Å². The molecule has 2 nitrogen and oxygen atoms in total. The van der Waals surface area contributed by atoms with Crippen molar-refractivity contribution in [2.75, 3.05) is 6.54 Å². The predicted octanol–water partition coefficient (Wildman–Crippen LogP) is 1.87. The first-order valence-corrected chi connectivity index (χ1v) is 4.78. The van der Waals surface area contributed by atoms with Crippen LogP contribution in [0.4, 0.5) is 0 Å². The molecule has 1 rings (SSSR count). The number of hydrogen-bond acceptors (Lipinski definition) is 2. The fraction of sp³-hybridized carbons (Fsp3) is 0.333. The molecule has 76 valence electrons. The molecule has 1 aromatic rings. The van der Waals surface area contributed by atoms with Gasteiger partial charge in [0.1, 0.15) is 0 Å². The summed E-state index contributed by atoms with van der Waals surface area (Å²) < 4.78 is 0. The molecule has 2 heteroatoms. The monoisotopic (exact) mass is 190 g/mol. The van der Waals surface area contributed by atoms with Crippen molar-refractivity contribution in [3.63, 3.8) is 0 Å². The van der Waals surface area contributed by atoms with Crippen LogP contribution in [-0.2, 0) is 0 Å². The molecule has 0 aliphatic heterocycles. The normalized spacial score (nSPS) is 11.9. The first-order valence-electron chi connectivity index (χ1n) is 4.78. The Morgan fingerprint density at radius 3 is 2.14 bits per heavy atom. The fourth-order valence-electron chi connectivity index (χ4n) is 1.66. The standard InChI is InChI=1S/C12H18N2/c1-8-4-9(2)12(10(3)5-8)6-11(14)7-13/h4-6H,7,13-14H2,1-3H3/b11-6-. The third kappa shape index (κ3) is 2.36. The highest BCUT2D eigenvalue weighted by atomic mass is 14.7. The lowest BCUT2D eigenvalue weighted by molar-refractivity contribution is 1.12. The van der Waals surface area contributed by atoms with E-state index < -0.39 is 0 Å². The van der Waals surface area contributed by atoms with E-state index in [-0.39, 0.29) is 0 Å². The molecule has 1 aromatic carbocycles. The zero-order valence-electron chi connectivity index (χ0n) is 9.09. The van der Waals surface area contributed by atoms with Crippen LogP contribution < -0.4 is 11.5 Å². The van der Waals surface area contributed by atoms with E-state index in [2.05, 4.69) is 32.9 Å². The smallest absolute Gasteiger partial charge is 0.0327 e. The van der Waals surface area contributed by atoms with E-state index in [1.807, 2.05) is 6.08 Å². The Morgan fingerprint density at radius 1 is 1.21 bits per heavy atom. The van der Waals surface area contributed by atoms with Crippen molar-refractivity contribution in [2.24, 2.45) is 11.5 Å². The Bertz CT molecular complexity index is 342. The summed E-state index contributed by atoms with van der Waals surface area (Å²) in [4.78, 5) is 0. The Morgan fingerprint density at radius 2 is 1.71 bits per heavy atom. The average Bonchev–Trinajstić information content (AvgIpc) is 2.10. The topological polar surface area (TPSA) is 52.0 Å². The van der Waals surface area contributed by atoms with Crippen molar-refractivity contribution in [3.05, 3.63) is 40.1 Å². The van der Waals surface area contributed by atoms with Gasteiger partial charge in [-0.2, -0.15) is 0 Å². The lowest BCUT2D eigenvalue weighted by Gasteiger charge is -2.08. The molecule has 0 aromatic heterocycles. The third-order valence-corrected chi connectivity index (χ3v) is 2.30. The van der Waals surface area contributed by atoms with Crippen molar-refractivity contribution in [3.8, 4) is 0 Å². The maximum atomic E-state index is 5.72. The predicted molar refractivity (Wildman–Crippen MR) is 61.9 cm³/mol. The fourth-order valence-corrected chi connectivity index (χ4v) is 1.66. The molecule has 4 N–H and O–H groups in total. The van der Waals surface area contributed by atoms with Crippen LogP contribution in [0.5, 0.6) is 0 Å². The zero-order chi connectivity index (χ0) is 10.7. The minimum Gasteiger partial charge on any atom is -0.401 e. The molecule has 0 saturated heterocycles. The lowest BCUT2D eigenvalue weighted by Crippen LogP contribution is -2.10. The Hall–Kier alpha value is -1.28. The minimum absolute atomic E-state index is 0.409. The second kappa shape index (κ2) is 4.29. The number of nitrogens with two attached hydrogens (primary N) is 2. The maximum absolute atomic E-state index is 5.72. The van der Waals surface area contributed by atoms with E-state index in [0.29, 0.717) is 6.54 Å². The SMILES string of the molecule is Cc1cc(C)c(/C=C(\N)CN)c(C)c1. The van der Waals surface area contributed by atoms with Crippen LogP contribution in [0.25, 0.3) is 6.08 Å². The molecule has 0 aliphatic carbocycles. The quantitative estimate of drug-likeness (QED) is 0.748. The summed E-state index contributed by atoms with van der Waals surface area (Å²) >= 11 is 0. The molecule has 14 heavy (non-hydrogen) atoms. The van der Waals surface area contributed by atoms with Gasteiger partial charge in [0.15, 0.2) is 0 Å². The second-order valence-electron chi connectivity index (χ2n) is 3.74. The number of hydrogen-bond donors (Lipinski definition) is 2. The van der Waals surface area contributed by atoms with Gasteiger partial charge in [0.05, 0.1) is 0 Å². The molecule has 0 radical (unpaired) electrons. The molecule has 0 aliphatic rings. The summed E-state index contributed by atoms with van der Waals surface area (Å²) in [5.74, 6) is 0. The van der Waals surface area contributed by atoms with E-state index >= 15 is 0 Å². The van der Waals surface area contributed by atoms with E-state index in [1.54, 1.807) is 0 Å². The van der Waals surface area contributed by atoms with Crippen molar-refractivity contribution >= 4 is 6.08 Å². The maximum Gasteiger partial charge on any atom is 0.0327 e. The molecule has 0 unspecified atom stereocenters. The molecule has 0 atom stereocenters. The van der Waals surface area contributed by atoms with Crippen LogP contribution in [0, 0.1) is 20.8 Å². The number of benzene rings is 1. The van der Waals surface area contributed by atoms with Gasteiger partial charge in [-0.15, -0.1) is 0 Å². The molecular weight excluding hydrogens is 172 g/mol. The zero-order valence-corrected chi connectivity index (χ0v) is 9.09. The first kappa shape index (κ1) is 10.8. The first-order chi connectivity index (χ1) is 6.54. The van der Waals surface area contributed by atoms with Gasteiger partial charge < -0.3 is 11.5 Å². The van der Waals surface area contributed by atoms with Crippen LogP contribution >= 0.6 is 0 Å². The number of rotatable bonds is 2. The van der Waals surface area contributed by atoms with Crippen molar-refractivity contribution in [2.45, 2.75) is 20.8 Å². The van der Waals surface area contributed by atoms with E-state index in [9.17, 15) is 0 Å². The van der Waals surface area contributed by atoms with Gasteiger partial charge in [-0.25, -0.2) is 0 Å².